The van der Waals surface area contributed by atoms with E-state index < -0.39 is 5.38 Å². The topological polar surface area (TPSA) is 45.8 Å². The van der Waals surface area contributed by atoms with Crippen LogP contribution in [0.2, 0.25) is 0 Å². The minimum atomic E-state index is -0.439. The van der Waals surface area contributed by atoms with Gasteiger partial charge in [-0.2, -0.15) is 0 Å². The highest BCUT2D eigenvalue weighted by atomic mass is 35.5. The van der Waals surface area contributed by atoms with Crippen LogP contribution >= 0.6 is 11.6 Å². The van der Waals surface area contributed by atoms with Crippen LogP contribution in [-0.2, 0) is 6.42 Å². The Morgan fingerprint density at radius 2 is 1.75 bits per heavy atom. The molecule has 0 saturated heterocycles. The zero-order chi connectivity index (χ0) is 13.9. The molecule has 3 nitrogen and oxygen atoms in total. The molecule has 100 valence electrons. The molecule has 4 heteroatoms. The molecule has 3 aromatic rings. The molecule has 0 radical (unpaired) electrons. The molecule has 1 aromatic heterocycles. The largest absolute Gasteiger partial charge is 0.319 e. The Kier molecular flexibility index (Phi) is 3.52. The Hall–Kier alpha value is -2.13. The first-order chi connectivity index (χ1) is 9.74. The number of para-hydroxylation sites is 2. The monoisotopic (exact) mass is 284 g/mol. The Labute approximate surface area is 121 Å². The fraction of sp³-hybridized carbons (Fsp3) is 0.125. The molecule has 0 aliphatic carbocycles. The summed E-state index contributed by atoms with van der Waals surface area (Å²) >= 11 is 6.36. The zero-order valence-corrected chi connectivity index (χ0v) is 11.5. The van der Waals surface area contributed by atoms with Gasteiger partial charge < -0.3 is 4.98 Å². The van der Waals surface area contributed by atoms with Gasteiger partial charge in [0, 0.05) is 0 Å². The third kappa shape index (κ3) is 2.58. The predicted octanol–water partition coefficient (Wildman–Crippen LogP) is 3.45. The van der Waals surface area contributed by atoms with Crippen molar-refractivity contribution in [2.45, 2.75) is 11.8 Å². The molecule has 0 amide bonds. The molecule has 1 heterocycles. The van der Waals surface area contributed by atoms with Gasteiger partial charge in [-0.05, 0) is 24.1 Å². The fourth-order valence-corrected chi connectivity index (χ4v) is 2.50. The lowest BCUT2D eigenvalue weighted by atomic mass is 10.1. The van der Waals surface area contributed by atoms with Crippen molar-refractivity contribution in [3.05, 3.63) is 76.2 Å². The van der Waals surface area contributed by atoms with Crippen LogP contribution in [-0.4, -0.2) is 9.97 Å². The van der Waals surface area contributed by atoms with Gasteiger partial charge in [-0.3, -0.25) is 4.79 Å². The van der Waals surface area contributed by atoms with Crippen LogP contribution in [0.25, 0.3) is 11.0 Å². The number of rotatable bonds is 3. The average Bonchev–Trinajstić information content (AvgIpc) is 2.47. The van der Waals surface area contributed by atoms with Crippen molar-refractivity contribution in [1.82, 2.24) is 9.97 Å². The number of aromatic nitrogens is 2. The third-order valence-corrected chi connectivity index (χ3v) is 3.54. The lowest BCUT2D eigenvalue weighted by Gasteiger charge is -2.09. The van der Waals surface area contributed by atoms with Gasteiger partial charge in [0.25, 0.3) is 5.56 Å². The van der Waals surface area contributed by atoms with Crippen molar-refractivity contribution in [3.63, 3.8) is 0 Å². The van der Waals surface area contributed by atoms with Gasteiger partial charge in [-0.1, -0.05) is 42.5 Å². The van der Waals surface area contributed by atoms with Gasteiger partial charge in [0.05, 0.1) is 16.4 Å². The van der Waals surface area contributed by atoms with E-state index in [1.807, 2.05) is 54.6 Å². The lowest BCUT2D eigenvalue weighted by molar-refractivity contribution is 0.861. The highest BCUT2D eigenvalue weighted by Crippen LogP contribution is 2.22. The summed E-state index contributed by atoms with van der Waals surface area (Å²) in [7, 11) is 0. The van der Waals surface area contributed by atoms with Crippen molar-refractivity contribution in [3.8, 4) is 0 Å². The second-order valence-corrected chi connectivity index (χ2v) is 5.15. The molecule has 0 aliphatic heterocycles. The first-order valence-corrected chi connectivity index (χ1v) is 6.84. The van der Waals surface area contributed by atoms with Gasteiger partial charge in [-0.15, -0.1) is 11.6 Å². The number of halogens is 1. The molecule has 2 aromatic carbocycles. The molecule has 0 fully saturated rings. The average molecular weight is 285 g/mol. The number of alkyl halides is 1. The van der Waals surface area contributed by atoms with Crippen LogP contribution in [0.5, 0.6) is 0 Å². The second kappa shape index (κ2) is 5.47. The molecule has 20 heavy (non-hydrogen) atoms. The van der Waals surface area contributed by atoms with Gasteiger partial charge in [0.15, 0.2) is 0 Å². The standard InChI is InChI=1S/C16H13ClN2O/c17-12(10-11-6-2-1-3-7-11)15-16(20)19-14-9-5-4-8-13(14)18-15/h1-9,12H,10H2,(H,19,20). The summed E-state index contributed by atoms with van der Waals surface area (Å²) in [5.74, 6) is 0. The second-order valence-electron chi connectivity index (χ2n) is 4.63. The quantitative estimate of drug-likeness (QED) is 0.749. The first kappa shape index (κ1) is 12.9. The molecule has 1 unspecified atom stereocenters. The Bertz CT molecular complexity index is 783. The molecule has 0 saturated carbocycles. The molecule has 0 aliphatic rings. The van der Waals surface area contributed by atoms with E-state index >= 15 is 0 Å². The van der Waals surface area contributed by atoms with Crippen molar-refractivity contribution < 1.29 is 0 Å². The molecule has 1 N–H and O–H groups in total. The highest BCUT2D eigenvalue weighted by molar-refractivity contribution is 6.20. The van der Waals surface area contributed by atoms with E-state index in [1.54, 1.807) is 0 Å². The summed E-state index contributed by atoms with van der Waals surface area (Å²) in [5.41, 5.74) is 2.71. The SMILES string of the molecule is O=c1[nH]c2ccccc2nc1C(Cl)Cc1ccccc1. The molecule has 0 bridgehead atoms. The smallest absolute Gasteiger partial charge is 0.271 e. The molecule has 1 atom stereocenters. The Morgan fingerprint density at radius 3 is 2.55 bits per heavy atom. The lowest BCUT2D eigenvalue weighted by Crippen LogP contribution is -2.17. The van der Waals surface area contributed by atoms with E-state index in [0.29, 0.717) is 12.1 Å². The summed E-state index contributed by atoms with van der Waals surface area (Å²) in [4.78, 5) is 19.3. The maximum Gasteiger partial charge on any atom is 0.271 e. The van der Waals surface area contributed by atoms with Crippen LogP contribution in [0.3, 0.4) is 0 Å². The summed E-state index contributed by atoms with van der Waals surface area (Å²) in [5, 5.41) is -0.439. The molecule has 0 spiro atoms. The van der Waals surface area contributed by atoms with Gasteiger partial charge in [-0.25, -0.2) is 4.98 Å². The highest BCUT2D eigenvalue weighted by Gasteiger charge is 2.15. The van der Waals surface area contributed by atoms with E-state index in [0.717, 1.165) is 16.6 Å². The van der Waals surface area contributed by atoms with E-state index in [2.05, 4.69) is 9.97 Å². The molecular formula is C16H13ClN2O. The number of nitrogens with one attached hydrogen (secondary N) is 1. The van der Waals surface area contributed by atoms with Crippen molar-refractivity contribution in [2.24, 2.45) is 0 Å². The van der Waals surface area contributed by atoms with Crippen LogP contribution in [0.4, 0.5) is 0 Å². The predicted molar refractivity (Wildman–Crippen MR) is 81.1 cm³/mol. The van der Waals surface area contributed by atoms with Crippen LogP contribution < -0.4 is 5.56 Å². The van der Waals surface area contributed by atoms with E-state index in [-0.39, 0.29) is 5.56 Å². The number of hydrogen-bond acceptors (Lipinski definition) is 2. The van der Waals surface area contributed by atoms with Crippen LogP contribution in [0.15, 0.2) is 59.4 Å². The number of H-pyrrole nitrogens is 1. The van der Waals surface area contributed by atoms with Crippen LogP contribution in [0.1, 0.15) is 16.6 Å². The van der Waals surface area contributed by atoms with E-state index in [1.165, 1.54) is 0 Å². The summed E-state index contributed by atoms with van der Waals surface area (Å²) in [6.07, 6.45) is 0.580. The number of aromatic amines is 1. The number of nitrogens with zero attached hydrogens (tertiary/aromatic N) is 1. The van der Waals surface area contributed by atoms with Crippen molar-refractivity contribution >= 4 is 22.6 Å². The first-order valence-electron chi connectivity index (χ1n) is 6.41. The van der Waals surface area contributed by atoms with Gasteiger partial charge in [0.1, 0.15) is 5.69 Å². The molecule has 3 rings (SSSR count). The minimum Gasteiger partial charge on any atom is -0.319 e. The number of benzene rings is 2. The third-order valence-electron chi connectivity index (χ3n) is 3.18. The summed E-state index contributed by atoms with van der Waals surface area (Å²) < 4.78 is 0. The van der Waals surface area contributed by atoms with E-state index in [4.69, 9.17) is 11.6 Å². The zero-order valence-electron chi connectivity index (χ0n) is 10.7. The molecular weight excluding hydrogens is 272 g/mol. The van der Waals surface area contributed by atoms with Crippen molar-refractivity contribution in [2.75, 3.05) is 0 Å². The maximum atomic E-state index is 12.1. The maximum absolute atomic E-state index is 12.1. The summed E-state index contributed by atoms with van der Waals surface area (Å²) in [6, 6.07) is 17.3. The van der Waals surface area contributed by atoms with E-state index in [9.17, 15) is 4.79 Å². The summed E-state index contributed by atoms with van der Waals surface area (Å²) in [6.45, 7) is 0. The Morgan fingerprint density at radius 1 is 1.05 bits per heavy atom. The fourth-order valence-electron chi connectivity index (χ4n) is 2.17. The van der Waals surface area contributed by atoms with Gasteiger partial charge in [0.2, 0.25) is 0 Å². The van der Waals surface area contributed by atoms with Crippen LogP contribution in [0, 0.1) is 0 Å². The normalized spacial score (nSPS) is 12.4. The number of fused-ring (bicyclic) bond motifs is 1. The number of hydrogen-bond donors (Lipinski definition) is 1. The Balaban J connectivity index is 1.97. The minimum absolute atomic E-state index is 0.223. The van der Waals surface area contributed by atoms with Crippen molar-refractivity contribution in [1.29, 1.82) is 0 Å². The van der Waals surface area contributed by atoms with Gasteiger partial charge >= 0.3 is 0 Å².